The third-order valence-electron chi connectivity index (χ3n) is 2.69. The van der Waals surface area contributed by atoms with Crippen LogP contribution in [0.1, 0.15) is 30.6 Å². The van der Waals surface area contributed by atoms with Crippen molar-refractivity contribution in [1.29, 1.82) is 0 Å². The summed E-state index contributed by atoms with van der Waals surface area (Å²) in [5.74, 6) is -0.695. The Balaban J connectivity index is 2.40. The summed E-state index contributed by atoms with van der Waals surface area (Å²) in [5, 5.41) is 6.78. The van der Waals surface area contributed by atoms with Gasteiger partial charge in [-0.3, -0.25) is 9.36 Å². The second-order valence-corrected chi connectivity index (χ2v) is 5.27. The molecule has 5 nitrogen and oxygen atoms in total. The van der Waals surface area contributed by atoms with Gasteiger partial charge in [0.25, 0.3) is 0 Å². The summed E-state index contributed by atoms with van der Waals surface area (Å²) in [6.45, 7) is 3.86. The number of carbonyl (C=O) groups excluding carboxylic acids is 1. The lowest BCUT2D eigenvalue weighted by Gasteiger charge is -2.07. The van der Waals surface area contributed by atoms with E-state index in [1.54, 1.807) is 0 Å². The van der Waals surface area contributed by atoms with E-state index in [0.717, 1.165) is 6.42 Å². The van der Waals surface area contributed by atoms with Crippen molar-refractivity contribution in [3.63, 3.8) is 0 Å². The van der Waals surface area contributed by atoms with Crippen LogP contribution in [0.5, 0.6) is 0 Å². The number of hydrogen-bond acceptors (Lipinski definition) is 4. The molecule has 1 aromatic heterocycles. The van der Waals surface area contributed by atoms with Gasteiger partial charge in [-0.1, -0.05) is 6.92 Å². The molecule has 0 radical (unpaired) electrons. The number of benzene rings is 1. The lowest BCUT2D eigenvalue weighted by Crippen LogP contribution is -2.17. The van der Waals surface area contributed by atoms with Gasteiger partial charge in [-0.05, 0) is 43.3 Å². The molecule has 2 aromatic rings. The molecule has 1 N–H and O–H groups in total. The largest absolute Gasteiger partial charge is 0.343 e. The Kier molecular flexibility index (Phi) is 4.39. The van der Waals surface area contributed by atoms with Crippen LogP contribution in [0.4, 0.5) is 4.39 Å². The molecule has 0 amide bonds. The van der Waals surface area contributed by atoms with Crippen LogP contribution in [0.3, 0.4) is 0 Å². The third-order valence-corrected chi connectivity index (χ3v) is 3.76. The van der Waals surface area contributed by atoms with Gasteiger partial charge >= 0.3 is 5.69 Å². The topological polar surface area (TPSA) is 67.8 Å². The molecular formula is C13H14FN3O2S. The fourth-order valence-electron chi connectivity index (χ4n) is 1.77. The Bertz CT molecular complexity index is 693. The van der Waals surface area contributed by atoms with Crippen molar-refractivity contribution < 1.29 is 9.18 Å². The zero-order chi connectivity index (χ0) is 14.7. The molecule has 0 aliphatic rings. The molecule has 0 fully saturated rings. The quantitative estimate of drug-likeness (QED) is 0.860. The van der Waals surface area contributed by atoms with Crippen molar-refractivity contribution in [1.82, 2.24) is 14.8 Å². The fraction of sp³-hybridized carbons (Fsp3) is 0.308. The molecule has 0 bridgehead atoms. The molecule has 1 aromatic carbocycles. The Hall–Kier alpha value is -1.89. The van der Waals surface area contributed by atoms with Crippen LogP contribution in [0, 0.1) is 5.82 Å². The van der Waals surface area contributed by atoms with Crippen molar-refractivity contribution >= 4 is 17.5 Å². The molecule has 0 unspecified atom stereocenters. The molecule has 0 spiro atoms. The van der Waals surface area contributed by atoms with Crippen molar-refractivity contribution in [3.05, 3.63) is 40.1 Å². The highest BCUT2D eigenvalue weighted by Crippen LogP contribution is 2.29. The first-order valence-electron chi connectivity index (χ1n) is 6.16. The molecule has 1 heterocycles. The Morgan fingerprint density at radius 2 is 2.25 bits per heavy atom. The maximum Gasteiger partial charge on any atom is 0.343 e. The van der Waals surface area contributed by atoms with Crippen molar-refractivity contribution in [2.24, 2.45) is 0 Å². The van der Waals surface area contributed by atoms with Gasteiger partial charge in [0.05, 0.1) is 0 Å². The molecule has 0 aliphatic heterocycles. The number of ketones is 1. The standard InChI is InChI=1S/C13H14FN3O2S/c1-3-6-17-12(19)15-16-13(17)20-11-5-4-9(14)7-10(11)8(2)18/h4-5,7H,3,6H2,1-2H3,(H,15,19). The summed E-state index contributed by atoms with van der Waals surface area (Å²) in [4.78, 5) is 23.7. The lowest BCUT2D eigenvalue weighted by molar-refractivity contribution is 0.101. The first-order valence-corrected chi connectivity index (χ1v) is 6.98. The smallest absolute Gasteiger partial charge is 0.294 e. The molecule has 20 heavy (non-hydrogen) atoms. The minimum Gasteiger partial charge on any atom is -0.294 e. The Morgan fingerprint density at radius 1 is 1.50 bits per heavy atom. The van der Waals surface area contributed by atoms with E-state index in [2.05, 4.69) is 10.2 Å². The zero-order valence-electron chi connectivity index (χ0n) is 11.1. The molecule has 2 rings (SSSR count). The van der Waals surface area contributed by atoms with Crippen LogP contribution in [-0.2, 0) is 6.54 Å². The molecule has 0 saturated carbocycles. The second kappa shape index (κ2) is 6.04. The highest BCUT2D eigenvalue weighted by atomic mass is 32.2. The number of aromatic amines is 1. The number of aromatic nitrogens is 3. The number of rotatable bonds is 5. The van der Waals surface area contributed by atoms with E-state index in [0.29, 0.717) is 16.6 Å². The number of hydrogen-bond donors (Lipinski definition) is 1. The number of Topliss-reactive ketones (excluding diaryl/α,β-unsaturated/α-hetero) is 1. The predicted molar refractivity (Wildman–Crippen MR) is 73.7 cm³/mol. The van der Waals surface area contributed by atoms with Gasteiger partial charge in [-0.15, -0.1) is 5.10 Å². The van der Waals surface area contributed by atoms with Gasteiger partial charge in [0.1, 0.15) is 5.82 Å². The number of halogens is 1. The first kappa shape index (κ1) is 14.5. The molecule has 7 heteroatoms. The van der Waals surface area contributed by atoms with E-state index in [-0.39, 0.29) is 17.0 Å². The average molecular weight is 295 g/mol. The van der Waals surface area contributed by atoms with Gasteiger partial charge < -0.3 is 0 Å². The minimum atomic E-state index is -0.465. The van der Waals surface area contributed by atoms with Crippen LogP contribution in [-0.4, -0.2) is 20.5 Å². The number of H-pyrrole nitrogens is 1. The number of nitrogens with one attached hydrogen (secondary N) is 1. The average Bonchev–Trinajstić information content (AvgIpc) is 2.74. The van der Waals surface area contributed by atoms with Gasteiger partial charge in [0.2, 0.25) is 0 Å². The summed E-state index contributed by atoms with van der Waals surface area (Å²) in [7, 11) is 0. The maximum absolute atomic E-state index is 13.2. The number of carbonyl (C=O) groups is 1. The van der Waals surface area contributed by atoms with Gasteiger partial charge in [-0.25, -0.2) is 14.3 Å². The van der Waals surface area contributed by atoms with Crippen LogP contribution in [0.2, 0.25) is 0 Å². The van der Waals surface area contributed by atoms with E-state index in [9.17, 15) is 14.0 Å². The SMILES string of the molecule is CCCn1c(Sc2ccc(F)cc2C(C)=O)n[nH]c1=O. The Labute approximate surface area is 119 Å². The first-order chi connectivity index (χ1) is 9.52. The monoisotopic (exact) mass is 295 g/mol. The van der Waals surface area contributed by atoms with E-state index >= 15 is 0 Å². The van der Waals surface area contributed by atoms with Crippen LogP contribution < -0.4 is 5.69 Å². The number of nitrogens with zero attached hydrogens (tertiary/aromatic N) is 2. The highest BCUT2D eigenvalue weighted by Gasteiger charge is 2.14. The molecule has 106 valence electrons. The summed E-state index contributed by atoms with van der Waals surface area (Å²) < 4.78 is 14.7. The minimum absolute atomic E-state index is 0.230. The maximum atomic E-state index is 13.2. The molecule has 0 atom stereocenters. The molecular weight excluding hydrogens is 281 g/mol. The van der Waals surface area contributed by atoms with E-state index in [4.69, 9.17) is 0 Å². The van der Waals surface area contributed by atoms with Crippen LogP contribution in [0.25, 0.3) is 0 Å². The lowest BCUT2D eigenvalue weighted by atomic mass is 10.1. The molecule has 0 saturated heterocycles. The van der Waals surface area contributed by atoms with Gasteiger partial charge in [-0.2, -0.15) is 0 Å². The normalized spacial score (nSPS) is 10.8. The van der Waals surface area contributed by atoms with Crippen molar-refractivity contribution in [2.75, 3.05) is 0 Å². The highest BCUT2D eigenvalue weighted by molar-refractivity contribution is 7.99. The summed E-state index contributed by atoms with van der Waals surface area (Å²) in [5.41, 5.74) is -0.00525. The summed E-state index contributed by atoms with van der Waals surface area (Å²) in [6, 6.07) is 4.00. The fourth-order valence-corrected chi connectivity index (χ4v) is 2.79. The second-order valence-electron chi connectivity index (χ2n) is 4.26. The van der Waals surface area contributed by atoms with E-state index in [1.165, 1.54) is 41.5 Å². The van der Waals surface area contributed by atoms with Crippen LogP contribution >= 0.6 is 11.8 Å². The Morgan fingerprint density at radius 3 is 2.90 bits per heavy atom. The summed E-state index contributed by atoms with van der Waals surface area (Å²) in [6.07, 6.45) is 0.788. The summed E-state index contributed by atoms with van der Waals surface area (Å²) >= 11 is 1.17. The third kappa shape index (κ3) is 2.98. The van der Waals surface area contributed by atoms with Crippen LogP contribution in [0.15, 0.2) is 33.0 Å². The molecule has 0 aliphatic carbocycles. The van der Waals surface area contributed by atoms with E-state index < -0.39 is 5.82 Å². The van der Waals surface area contributed by atoms with Crippen molar-refractivity contribution in [2.45, 2.75) is 36.9 Å². The van der Waals surface area contributed by atoms with Gasteiger partial charge in [0, 0.05) is 17.0 Å². The van der Waals surface area contributed by atoms with Gasteiger partial charge in [0.15, 0.2) is 10.9 Å². The predicted octanol–water partition coefficient (Wildman–Crippen LogP) is 2.47. The zero-order valence-corrected chi connectivity index (χ0v) is 12.0. The van der Waals surface area contributed by atoms with E-state index in [1.807, 2.05) is 6.92 Å². The van der Waals surface area contributed by atoms with Crippen molar-refractivity contribution in [3.8, 4) is 0 Å².